The summed E-state index contributed by atoms with van der Waals surface area (Å²) in [5.41, 5.74) is 2.12. The second-order valence-corrected chi connectivity index (χ2v) is 5.11. The first-order chi connectivity index (χ1) is 8.00. The molecule has 0 saturated heterocycles. The normalized spacial score (nSPS) is 15.4. The minimum Gasteiger partial charge on any atom is -0.453 e. The SMILES string of the molecule is CC(O)Cc1cc(Cl)c2c(c1C(C)C)OCO2. The number of aliphatic hydroxyl groups is 1. The molecule has 94 valence electrons. The van der Waals surface area contributed by atoms with Crippen LogP contribution in [-0.4, -0.2) is 18.0 Å². The molecule has 2 rings (SSSR count). The van der Waals surface area contributed by atoms with E-state index in [4.69, 9.17) is 21.1 Å². The van der Waals surface area contributed by atoms with Crippen LogP contribution in [0.2, 0.25) is 5.02 Å². The van der Waals surface area contributed by atoms with Crippen LogP contribution in [-0.2, 0) is 6.42 Å². The number of hydrogen-bond acceptors (Lipinski definition) is 3. The molecule has 0 amide bonds. The highest BCUT2D eigenvalue weighted by molar-refractivity contribution is 6.32. The van der Waals surface area contributed by atoms with E-state index in [2.05, 4.69) is 13.8 Å². The smallest absolute Gasteiger partial charge is 0.231 e. The molecule has 0 bridgehead atoms. The van der Waals surface area contributed by atoms with E-state index in [9.17, 15) is 5.11 Å². The minimum atomic E-state index is -0.399. The Kier molecular flexibility index (Phi) is 3.50. The molecule has 0 aromatic heterocycles. The average molecular weight is 257 g/mol. The molecule has 1 heterocycles. The number of ether oxygens (including phenoxy) is 2. The van der Waals surface area contributed by atoms with Crippen LogP contribution >= 0.6 is 11.6 Å². The number of hydrogen-bond donors (Lipinski definition) is 1. The Morgan fingerprint density at radius 2 is 1.94 bits per heavy atom. The van der Waals surface area contributed by atoms with E-state index >= 15 is 0 Å². The van der Waals surface area contributed by atoms with E-state index in [1.807, 2.05) is 6.07 Å². The molecule has 3 nitrogen and oxygen atoms in total. The van der Waals surface area contributed by atoms with Gasteiger partial charge in [-0.25, -0.2) is 0 Å². The van der Waals surface area contributed by atoms with Crippen molar-refractivity contribution >= 4 is 11.6 Å². The van der Waals surface area contributed by atoms with E-state index in [1.54, 1.807) is 6.92 Å². The maximum Gasteiger partial charge on any atom is 0.231 e. The van der Waals surface area contributed by atoms with Gasteiger partial charge in [0.2, 0.25) is 6.79 Å². The minimum absolute atomic E-state index is 0.215. The Bertz CT molecular complexity index is 427. The van der Waals surface area contributed by atoms with Crippen molar-refractivity contribution in [2.45, 2.75) is 39.2 Å². The van der Waals surface area contributed by atoms with Gasteiger partial charge in [0.25, 0.3) is 0 Å². The molecule has 0 saturated carbocycles. The van der Waals surface area contributed by atoms with Crippen molar-refractivity contribution in [1.29, 1.82) is 0 Å². The highest BCUT2D eigenvalue weighted by Crippen LogP contribution is 2.46. The van der Waals surface area contributed by atoms with Crippen LogP contribution in [0.1, 0.15) is 37.8 Å². The van der Waals surface area contributed by atoms with E-state index in [0.717, 1.165) is 16.9 Å². The Labute approximate surface area is 106 Å². The third-order valence-corrected chi connectivity index (χ3v) is 3.09. The van der Waals surface area contributed by atoms with Crippen molar-refractivity contribution in [2.75, 3.05) is 6.79 Å². The van der Waals surface area contributed by atoms with E-state index < -0.39 is 6.10 Å². The third kappa shape index (κ3) is 2.35. The summed E-state index contributed by atoms with van der Waals surface area (Å²) in [6.07, 6.45) is 0.174. The first-order valence-corrected chi connectivity index (χ1v) is 6.17. The summed E-state index contributed by atoms with van der Waals surface area (Å²) in [4.78, 5) is 0. The van der Waals surface area contributed by atoms with Crippen molar-refractivity contribution in [1.82, 2.24) is 0 Å². The van der Waals surface area contributed by atoms with Crippen LogP contribution in [0.5, 0.6) is 11.5 Å². The Balaban J connectivity index is 2.55. The highest BCUT2D eigenvalue weighted by Gasteiger charge is 2.26. The van der Waals surface area contributed by atoms with Gasteiger partial charge < -0.3 is 14.6 Å². The lowest BCUT2D eigenvalue weighted by molar-refractivity contribution is 0.173. The monoisotopic (exact) mass is 256 g/mol. The second-order valence-electron chi connectivity index (χ2n) is 4.70. The zero-order valence-corrected chi connectivity index (χ0v) is 11.0. The largest absolute Gasteiger partial charge is 0.453 e. The van der Waals surface area contributed by atoms with Crippen LogP contribution in [0.3, 0.4) is 0 Å². The molecule has 0 spiro atoms. The van der Waals surface area contributed by atoms with Crippen molar-refractivity contribution in [3.05, 3.63) is 22.2 Å². The summed E-state index contributed by atoms with van der Waals surface area (Å²) < 4.78 is 10.9. The summed E-state index contributed by atoms with van der Waals surface area (Å²) in [5, 5.41) is 10.1. The Morgan fingerprint density at radius 3 is 2.53 bits per heavy atom. The molecule has 1 N–H and O–H groups in total. The number of benzene rings is 1. The van der Waals surface area contributed by atoms with Crippen LogP contribution in [0.15, 0.2) is 6.07 Å². The Hall–Kier alpha value is -0.930. The molecule has 1 aliphatic heterocycles. The maximum absolute atomic E-state index is 9.54. The molecular weight excluding hydrogens is 240 g/mol. The van der Waals surface area contributed by atoms with Crippen LogP contribution in [0, 0.1) is 0 Å². The molecule has 1 unspecified atom stereocenters. The molecule has 0 aliphatic carbocycles. The van der Waals surface area contributed by atoms with Crippen LogP contribution in [0.25, 0.3) is 0 Å². The lowest BCUT2D eigenvalue weighted by atomic mass is 9.92. The second kappa shape index (κ2) is 4.75. The first-order valence-electron chi connectivity index (χ1n) is 5.79. The lowest BCUT2D eigenvalue weighted by Gasteiger charge is -2.17. The first kappa shape index (κ1) is 12.5. The standard InChI is InChI=1S/C13H17ClO3/c1-7(2)11-9(4-8(3)15)5-10(14)12-13(11)17-6-16-12/h5,7-8,15H,4,6H2,1-3H3. The summed E-state index contributed by atoms with van der Waals surface area (Å²) in [5.74, 6) is 1.67. The van der Waals surface area contributed by atoms with Crippen LogP contribution < -0.4 is 9.47 Å². The fourth-order valence-electron chi connectivity index (χ4n) is 2.22. The zero-order chi connectivity index (χ0) is 12.6. The quantitative estimate of drug-likeness (QED) is 0.903. The number of aliphatic hydroxyl groups excluding tert-OH is 1. The lowest BCUT2D eigenvalue weighted by Crippen LogP contribution is -2.08. The van der Waals surface area contributed by atoms with Gasteiger partial charge in [-0.2, -0.15) is 0 Å². The van der Waals surface area contributed by atoms with E-state index in [-0.39, 0.29) is 6.79 Å². The van der Waals surface area contributed by atoms with Gasteiger partial charge in [-0.3, -0.25) is 0 Å². The summed E-state index contributed by atoms with van der Waals surface area (Å²) >= 11 is 6.15. The van der Waals surface area contributed by atoms with Gasteiger partial charge in [0.05, 0.1) is 11.1 Å². The Morgan fingerprint density at radius 1 is 1.29 bits per heavy atom. The van der Waals surface area contributed by atoms with Gasteiger partial charge in [0.1, 0.15) is 0 Å². The molecular formula is C13H17ClO3. The highest BCUT2D eigenvalue weighted by atomic mass is 35.5. The van der Waals surface area contributed by atoms with Crippen LogP contribution in [0.4, 0.5) is 0 Å². The summed E-state index contributed by atoms with van der Waals surface area (Å²) in [6, 6.07) is 1.87. The van der Waals surface area contributed by atoms with Crippen molar-refractivity contribution in [2.24, 2.45) is 0 Å². The van der Waals surface area contributed by atoms with Gasteiger partial charge in [-0.1, -0.05) is 25.4 Å². The van der Waals surface area contributed by atoms with Gasteiger partial charge in [0, 0.05) is 5.56 Å². The van der Waals surface area contributed by atoms with Crippen molar-refractivity contribution in [3.8, 4) is 11.5 Å². The third-order valence-electron chi connectivity index (χ3n) is 2.81. The molecule has 1 aliphatic rings. The fourth-order valence-corrected chi connectivity index (χ4v) is 2.49. The van der Waals surface area contributed by atoms with E-state index in [1.165, 1.54) is 0 Å². The predicted molar refractivity (Wildman–Crippen MR) is 67.0 cm³/mol. The van der Waals surface area contributed by atoms with Gasteiger partial charge in [0.15, 0.2) is 11.5 Å². The van der Waals surface area contributed by atoms with Gasteiger partial charge >= 0.3 is 0 Å². The zero-order valence-electron chi connectivity index (χ0n) is 10.3. The molecule has 0 fully saturated rings. The summed E-state index contributed by atoms with van der Waals surface area (Å²) in [7, 11) is 0. The predicted octanol–water partition coefficient (Wildman–Crippen LogP) is 3.12. The number of halogens is 1. The molecule has 1 aromatic carbocycles. The maximum atomic E-state index is 9.54. The van der Waals surface area contributed by atoms with Crippen molar-refractivity contribution in [3.63, 3.8) is 0 Å². The summed E-state index contributed by atoms with van der Waals surface area (Å²) in [6.45, 7) is 6.17. The fraction of sp³-hybridized carbons (Fsp3) is 0.538. The molecule has 1 aromatic rings. The molecule has 4 heteroatoms. The molecule has 17 heavy (non-hydrogen) atoms. The van der Waals surface area contributed by atoms with Crippen molar-refractivity contribution < 1.29 is 14.6 Å². The van der Waals surface area contributed by atoms with Gasteiger partial charge in [-0.15, -0.1) is 0 Å². The topological polar surface area (TPSA) is 38.7 Å². The number of fused-ring (bicyclic) bond motifs is 1. The number of rotatable bonds is 3. The molecule has 0 radical (unpaired) electrons. The average Bonchev–Trinajstić information content (AvgIpc) is 2.64. The molecule has 1 atom stereocenters. The van der Waals surface area contributed by atoms with E-state index in [0.29, 0.717) is 23.1 Å². The van der Waals surface area contributed by atoms with Gasteiger partial charge in [-0.05, 0) is 30.9 Å².